The summed E-state index contributed by atoms with van der Waals surface area (Å²) in [5.41, 5.74) is 1.67. The predicted octanol–water partition coefficient (Wildman–Crippen LogP) is 5.17. The molecule has 4 aromatic rings. The van der Waals surface area contributed by atoms with Gasteiger partial charge in [-0.05, 0) is 53.8 Å². The zero-order valence-electron chi connectivity index (χ0n) is 17.3. The molecule has 0 amide bonds. The van der Waals surface area contributed by atoms with Gasteiger partial charge in [-0.2, -0.15) is 18.4 Å². The topological polar surface area (TPSA) is 91.5 Å². The summed E-state index contributed by atoms with van der Waals surface area (Å²) in [7, 11) is 1.73. The number of rotatable bonds is 4. The van der Waals surface area contributed by atoms with Crippen LogP contribution in [0.3, 0.4) is 0 Å². The van der Waals surface area contributed by atoms with Gasteiger partial charge in [0, 0.05) is 34.6 Å². The van der Waals surface area contributed by atoms with E-state index in [0.717, 1.165) is 12.1 Å². The Balaban J connectivity index is 1.80. The van der Waals surface area contributed by atoms with Crippen molar-refractivity contribution < 1.29 is 13.2 Å². The number of benzene rings is 1. The van der Waals surface area contributed by atoms with Crippen LogP contribution in [0, 0.1) is 14.9 Å². The summed E-state index contributed by atoms with van der Waals surface area (Å²) in [4.78, 5) is 23.4. The van der Waals surface area contributed by atoms with E-state index in [2.05, 4.69) is 24.9 Å². The van der Waals surface area contributed by atoms with E-state index < -0.39 is 17.8 Å². The van der Waals surface area contributed by atoms with Crippen LogP contribution in [0.4, 0.5) is 19.0 Å². The lowest BCUT2D eigenvalue weighted by Crippen LogP contribution is -2.25. The van der Waals surface area contributed by atoms with Crippen molar-refractivity contribution in [1.82, 2.24) is 24.9 Å². The first-order valence-electron chi connectivity index (χ1n) is 9.62. The van der Waals surface area contributed by atoms with Crippen molar-refractivity contribution in [3.05, 3.63) is 69.6 Å². The lowest BCUT2D eigenvalue weighted by Gasteiger charge is -2.27. The summed E-state index contributed by atoms with van der Waals surface area (Å²) < 4.78 is 40.7. The molecule has 1 atom stereocenters. The number of nitriles is 1. The standard InChI is InChI=1S/C22H15F3IN7/c1-12(18-20(29-6-5-28-18)17-4-3-13(9-27)10-30-17)33(2)21-15-7-14(22(23,24)25)8-16(26)19(15)31-11-32-21/h3-8,10-12H,1-2H3/t12-/m0/s1. The Morgan fingerprint density at radius 2 is 1.82 bits per heavy atom. The van der Waals surface area contributed by atoms with Gasteiger partial charge in [0.05, 0.1) is 34.1 Å². The van der Waals surface area contributed by atoms with Gasteiger partial charge in [0.15, 0.2) is 0 Å². The highest BCUT2D eigenvalue weighted by Crippen LogP contribution is 2.37. The van der Waals surface area contributed by atoms with Crippen molar-refractivity contribution in [2.45, 2.75) is 19.1 Å². The first-order chi connectivity index (χ1) is 15.7. The van der Waals surface area contributed by atoms with Crippen LogP contribution in [0.1, 0.15) is 29.8 Å². The zero-order valence-corrected chi connectivity index (χ0v) is 19.5. The first-order valence-corrected chi connectivity index (χ1v) is 10.7. The van der Waals surface area contributed by atoms with E-state index >= 15 is 0 Å². The molecule has 0 aliphatic carbocycles. The SMILES string of the molecule is C[C@@H](c1nccnc1-c1ccc(C#N)cn1)N(C)c1ncnc2c(I)cc(C(F)(F)F)cc12. The van der Waals surface area contributed by atoms with Crippen molar-refractivity contribution >= 4 is 39.3 Å². The molecule has 0 fully saturated rings. The maximum Gasteiger partial charge on any atom is 0.416 e. The molecule has 0 spiro atoms. The van der Waals surface area contributed by atoms with E-state index in [1.807, 2.05) is 35.6 Å². The molecule has 0 saturated heterocycles. The number of alkyl halides is 3. The third kappa shape index (κ3) is 4.43. The highest BCUT2D eigenvalue weighted by molar-refractivity contribution is 14.1. The van der Waals surface area contributed by atoms with Crippen LogP contribution in [0.15, 0.2) is 49.2 Å². The highest BCUT2D eigenvalue weighted by atomic mass is 127. The van der Waals surface area contributed by atoms with E-state index in [4.69, 9.17) is 5.26 Å². The first kappa shape index (κ1) is 22.8. The molecule has 7 nitrogen and oxygen atoms in total. The number of pyridine rings is 1. The third-order valence-corrected chi connectivity index (χ3v) is 5.99. The molecule has 3 heterocycles. The molecule has 33 heavy (non-hydrogen) atoms. The minimum atomic E-state index is -4.50. The molecular weight excluding hydrogens is 546 g/mol. The smallest absolute Gasteiger partial charge is 0.351 e. The lowest BCUT2D eigenvalue weighted by atomic mass is 10.1. The van der Waals surface area contributed by atoms with Crippen LogP contribution in [-0.4, -0.2) is 32.0 Å². The molecule has 0 aliphatic heterocycles. The Morgan fingerprint density at radius 3 is 2.48 bits per heavy atom. The van der Waals surface area contributed by atoms with Gasteiger partial charge in [-0.15, -0.1) is 0 Å². The average Bonchev–Trinajstić information content (AvgIpc) is 2.82. The number of hydrogen-bond donors (Lipinski definition) is 0. The molecule has 1 aromatic carbocycles. The molecule has 0 bridgehead atoms. The van der Waals surface area contributed by atoms with Crippen LogP contribution in [0.2, 0.25) is 0 Å². The summed E-state index contributed by atoms with van der Waals surface area (Å²) in [5.74, 6) is 0.334. The largest absolute Gasteiger partial charge is 0.416 e. The Morgan fingerprint density at radius 1 is 1.06 bits per heavy atom. The molecular formula is C22H15F3IN7. The van der Waals surface area contributed by atoms with Gasteiger partial charge in [0.1, 0.15) is 23.9 Å². The molecule has 0 saturated carbocycles. The van der Waals surface area contributed by atoms with Gasteiger partial charge < -0.3 is 4.90 Å². The Bertz CT molecular complexity index is 1370. The van der Waals surface area contributed by atoms with Crippen LogP contribution in [0.25, 0.3) is 22.3 Å². The Hall–Kier alpha value is -3.40. The lowest BCUT2D eigenvalue weighted by molar-refractivity contribution is -0.137. The molecule has 0 N–H and O–H groups in total. The van der Waals surface area contributed by atoms with Crippen LogP contribution < -0.4 is 4.90 Å². The molecule has 3 aromatic heterocycles. The summed E-state index contributed by atoms with van der Waals surface area (Å²) in [6, 6.07) is 7.04. The van der Waals surface area contributed by atoms with E-state index in [1.54, 1.807) is 24.1 Å². The van der Waals surface area contributed by atoms with Crippen LogP contribution in [-0.2, 0) is 6.18 Å². The number of nitrogens with zero attached hydrogens (tertiary/aromatic N) is 7. The number of aromatic nitrogens is 5. The van der Waals surface area contributed by atoms with Crippen molar-refractivity contribution in [1.29, 1.82) is 5.26 Å². The summed E-state index contributed by atoms with van der Waals surface area (Å²) >= 11 is 1.85. The number of hydrogen-bond acceptors (Lipinski definition) is 7. The number of fused-ring (bicyclic) bond motifs is 1. The molecule has 4 rings (SSSR count). The number of halogens is 4. The second-order valence-electron chi connectivity index (χ2n) is 7.17. The van der Waals surface area contributed by atoms with Gasteiger partial charge in [0.25, 0.3) is 0 Å². The minimum absolute atomic E-state index is 0.285. The zero-order chi connectivity index (χ0) is 23.8. The maximum atomic E-state index is 13.4. The fourth-order valence-corrected chi connectivity index (χ4v) is 4.14. The molecule has 0 radical (unpaired) electrons. The fraction of sp³-hybridized carbons (Fsp3) is 0.182. The molecule has 11 heteroatoms. The van der Waals surface area contributed by atoms with Gasteiger partial charge in [-0.3, -0.25) is 15.0 Å². The van der Waals surface area contributed by atoms with Crippen molar-refractivity contribution in [3.63, 3.8) is 0 Å². The molecule has 166 valence electrons. The summed E-state index contributed by atoms with van der Waals surface area (Å²) in [6.07, 6.45) is 1.35. The maximum absolute atomic E-state index is 13.4. The van der Waals surface area contributed by atoms with Gasteiger partial charge in [-0.1, -0.05) is 0 Å². The fourth-order valence-electron chi connectivity index (χ4n) is 3.38. The van der Waals surface area contributed by atoms with Crippen molar-refractivity contribution in [3.8, 4) is 17.5 Å². The number of anilines is 1. The second-order valence-corrected chi connectivity index (χ2v) is 8.33. The minimum Gasteiger partial charge on any atom is -0.351 e. The van der Waals surface area contributed by atoms with Gasteiger partial charge in [0.2, 0.25) is 0 Å². The van der Waals surface area contributed by atoms with E-state index in [1.165, 1.54) is 24.9 Å². The van der Waals surface area contributed by atoms with Gasteiger partial charge >= 0.3 is 6.18 Å². The van der Waals surface area contributed by atoms with E-state index in [-0.39, 0.29) is 5.39 Å². The predicted molar refractivity (Wildman–Crippen MR) is 124 cm³/mol. The Labute approximate surface area is 200 Å². The monoisotopic (exact) mass is 561 g/mol. The van der Waals surface area contributed by atoms with Gasteiger partial charge in [-0.25, -0.2) is 9.97 Å². The second kappa shape index (κ2) is 8.86. The summed E-state index contributed by atoms with van der Waals surface area (Å²) in [6.45, 7) is 1.85. The Kier molecular flexibility index (Phi) is 6.11. The normalized spacial score (nSPS) is 12.4. The van der Waals surface area contributed by atoms with Crippen LogP contribution in [0.5, 0.6) is 0 Å². The van der Waals surface area contributed by atoms with E-state index in [0.29, 0.717) is 37.5 Å². The van der Waals surface area contributed by atoms with Crippen molar-refractivity contribution in [2.75, 3.05) is 11.9 Å². The average molecular weight is 561 g/mol. The molecule has 0 unspecified atom stereocenters. The van der Waals surface area contributed by atoms with Crippen LogP contribution >= 0.6 is 22.6 Å². The van der Waals surface area contributed by atoms with Crippen molar-refractivity contribution in [2.24, 2.45) is 0 Å². The third-order valence-electron chi connectivity index (χ3n) is 5.17. The quantitative estimate of drug-likeness (QED) is 0.318. The summed E-state index contributed by atoms with van der Waals surface area (Å²) in [5, 5.41) is 9.29. The molecule has 0 aliphatic rings. The van der Waals surface area contributed by atoms with E-state index in [9.17, 15) is 13.2 Å². The highest BCUT2D eigenvalue weighted by Gasteiger charge is 2.32.